The summed E-state index contributed by atoms with van der Waals surface area (Å²) in [6.07, 6.45) is 39.9. The van der Waals surface area contributed by atoms with Gasteiger partial charge in [-0.1, -0.05) is 97.2 Å². The normalized spacial score (nSPS) is 22.9. The highest BCUT2D eigenvalue weighted by Gasteiger charge is 2.21. The van der Waals surface area contributed by atoms with E-state index in [0.29, 0.717) is 0 Å². The third-order valence-corrected chi connectivity index (χ3v) is 6.00. The van der Waals surface area contributed by atoms with Crippen LogP contribution in [0.1, 0.15) is 25.7 Å². The summed E-state index contributed by atoms with van der Waals surface area (Å²) >= 11 is 0. The topological polar surface area (TPSA) is 0 Å². The minimum absolute atomic E-state index is 0.989. The first kappa shape index (κ1) is 17.0. The van der Waals surface area contributed by atoms with Crippen molar-refractivity contribution in [3.8, 4) is 0 Å². The fraction of sp³-hybridized carbons (Fsp3) is 0.143. The molecule has 0 saturated heterocycles. The second-order valence-corrected chi connectivity index (χ2v) is 7.78. The molecule has 0 aromatic rings. The van der Waals surface area contributed by atoms with E-state index < -0.39 is 0 Å². The van der Waals surface area contributed by atoms with Gasteiger partial charge < -0.3 is 0 Å². The van der Waals surface area contributed by atoms with Crippen LogP contribution in [-0.4, -0.2) is 0 Å². The van der Waals surface area contributed by atoms with Crippen LogP contribution in [0, 0.1) is 0 Å². The maximum atomic E-state index is 2.30. The number of rotatable bonds is 0. The summed E-state index contributed by atoms with van der Waals surface area (Å²) in [5, 5.41) is 0. The molecule has 0 unspecified atom stereocenters. The SMILES string of the molecule is C1=CC=C2CC(=C1)C1=CC=CC=C(C1)C1=CC=CC=C(C1)C1=CC=CC=C2C1. The maximum Gasteiger partial charge on any atom is -0.00201 e. The lowest BCUT2D eigenvalue weighted by Gasteiger charge is -2.22. The first-order chi connectivity index (χ1) is 13.9. The van der Waals surface area contributed by atoms with Crippen LogP contribution >= 0.6 is 0 Å². The molecule has 0 nitrogen and oxygen atoms in total. The van der Waals surface area contributed by atoms with Crippen molar-refractivity contribution in [2.75, 3.05) is 0 Å². The zero-order valence-electron chi connectivity index (χ0n) is 16.1. The predicted molar refractivity (Wildman–Crippen MR) is 120 cm³/mol. The van der Waals surface area contributed by atoms with E-state index in [1.807, 2.05) is 0 Å². The Morgan fingerprint density at radius 1 is 0.250 bits per heavy atom. The van der Waals surface area contributed by atoms with Gasteiger partial charge in [0.05, 0.1) is 0 Å². The van der Waals surface area contributed by atoms with Crippen molar-refractivity contribution in [3.63, 3.8) is 0 Å². The molecular formula is C28H24. The van der Waals surface area contributed by atoms with Gasteiger partial charge in [0.1, 0.15) is 0 Å². The van der Waals surface area contributed by atoms with Gasteiger partial charge in [-0.05, 0) is 70.3 Å². The molecule has 0 spiro atoms. The highest BCUT2D eigenvalue weighted by Crippen LogP contribution is 2.39. The Kier molecular flexibility index (Phi) is 4.54. The monoisotopic (exact) mass is 360 g/mol. The predicted octanol–water partition coefficient (Wildman–Crippen LogP) is 7.25. The minimum Gasteiger partial charge on any atom is -0.0620 e. The molecule has 0 amide bonds. The second kappa shape index (κ2) is 7.48. The number of fused-ring (bicyclic) bond motifs is 12. The molecule has 1 fully saturated rings. The molecule has 5 aliphatic rings. The van der Waals surface area contributed by atoms with Crippen LogP contribution in [0.2, 0.25) is 0 Å². The lowest BCUT2D eigenvalue weighted by atomic mass is 9.83. The van der Waals surface area contributed by atoms with Crippen molar-refractivity contribution in [1.29, 1.82) is 0 Å². The first-order valence-electron chi connectivity index (χ1n) is 10.1. The molecule has 0 heteroatoms. The van der Waals surface area contributed by atoms with Crippen LogP contribution in [0.5, 0.6) is 0 Å². The number of allylic oxidation sites excluding steroid dienone is 24. The van der Waals surface area contributed by atoms with E-state index in [0.717, 1.165) is 25.7 Å². The molecule has 5 rings (SSSR count). The third-order valence-electron chi connectivity index (χ3n) is 6.00. The molecule has 0 radical (unpaired) electrons. The Balaban J connectivity index is 1.69. The van der Waals surface area contributed by atoms with Crippen molar-refractivity contribution in [3.05, 3.63) is 142 Å². The van der Waals surface area contributed by atoms with E-state index in [2.05, 4.69) is 97.2 Å². The van der Waals surface area contributed by atoms with Crippen molar-refractivity contribution < 1.29 is 0 Å². The van der Waals surface area contributed by atoms with Gasteiger partial charge in [0.2, 0.25) is 0 Å². The molecule has 0 aromatic carbocycles. The first-order valence-corrected chi connectivity index (χ1v) is 10.1. The fourth-order valence-electron chi connectivity index (χ4n) is 4.43. The molecule has 28 heavy (non-hydrogen) atoms. The Hall–Kier alpha value is -3.12. The van der Waals surface area contributed by atoms with E-state index in [4.69, 9.17) is 0 Å². The van der Waals surface area contributed by atoms with Gasteiger partial charge in [0.15, 0.2) is 0 Å². The summed E-state index contributed by atoms with van der Waals surface area (Å²) < 4.78 is 0. The van der Waals surface area contributed by atoms with E-state index in [9.17, 15) is 0 Å². The van der Waals surface area contributed by atoms with Crippen molar-refractivity contribution >= 4 is 0 Å². The summed E-state index contributed by atoms with van der Waals surface area (Å²) in [4.78, 5) is 0. The van der Waals surface area contributed by atoms with Gasteiger partial charge in [-0.2, -0.15) is 0 Å². The van der Waals surface area contributed by atoms with E-state index >= 15 is 0 Å². The van der Waals surface area contributed by atoms with E-state index in [-0.39, 0.29) is 0 Å². The average Bonchev–Trinajstić information content (AvgIpc) is 3.26. The lowest BCUT2D eigenvalue weighted by molar-refractivity contribution is 0.979. The van der Waals surface area contributed by atoms with Gasteiger partial charge in [-0.3, -0.25) is 0 Å². The molecule has 5 aliphatic carbocycles. The van der Waals surface area contributed by atoms with Crippen LogP contribution in [0.25, 0.3) is 0 Å². The molecule has 0 aromatic heterocycles. The van der Waals surface area contributed by atoms with E-state index in [1.165, 1.54) is 44.6 Å². The molecular weight excluding hydrogens is 336 g/mol. The van der Waals surface area contributed by atoms with E-state index in [1.54, 1.807) is 0 Å². The van der Waals surface area contributed by atoms with Crippen LogP contribution in [-0.2, 0) is 0 Å². The summed E-state index contributed by atoms with van der Waals surface area (Å²) in [6.45, 7) is 0. The second-order valence-electron chi connectivity index (χ2n) is 7.78. The van der Waals surface area contributed by atoms with Gasteiger partial charge in [-0.25, -0.2) is 0 Å². The van der Waals surface area contributed by atoms with Gasteiger partial charge in [-0.15, -0.1) is 0 Å². The van der Waals surface area contributed by atoms with Crippen LogP contribution in [0.4, 0.5) is 0 Å². The van der Waals surface area contributed by atoms with Gasteiger partial charge in [0.25, 0.3) is 0 Å². The molecule has 8 bridgehead atoms. The standard InChI is InChI=1S/C28H24/c1-2-10-22-17-21(9-1)23-11-3-4-13-25(18-23)27-15-7-8-16-28(20-27)26-14-6-5-12-24(22)19-26/h1-16H,17-20H2. The third kappa shape index (κ3) is 3.39. The molecule has 1 saturated carbocycles. The minimum atomic E-state index is 0.989. The Bertz CT molecular complexity index is 817. The summed E-state index contributed by atoms with van der Waals surface area (Å²) in [5.41, 5.74) is 11.4. The zero-order chi connectivity index (χ0) is 18.8. The highest BCUT2D eigenvalue weighted by atomic mass is 14.3. The smallest absolute Gasteiger partial charge is 0.00201 e. The number of hydrogen-bond donors (Lipinski definition) is 0. The average molecular weight is 361 g/mol. The number of hydrogen-bond acceptors (Lipinski definition) is 0. The Labute approximate surface area is 167 Å². The van der Waals surface area contributed by atoms with Crippen LogP contribution in [0.3, 0.4) is 0 Å². The summed E-state index contributed by atoms with van der Waals surface area (Å²) in [5.74, 6) is 0. The summed E-state index contributed by atoms with van der Waals surface area (Å²) in [6, 6.07) is 0. The lowest BCUT2D eigenvalue weighted by Crippen LogP contribution is -2.03. The Morgan fingerprint density at radius 3 is 0.536 bits per heavy atom. The van der Waals surface area contributed by atoms with Gasteiger partial charge in [0, 0.05) is 0 Å². The molecule has 136 valence electrons. The molecule has 0 aliphatic heterocycles. The molecule has 0 heterocycles. The zero-order valence-corrected chi connectivity index (χ0v) is 16.1. The largest absolute Gasteiger partial charge is 0.0620 e. The molecule has 0 atom stereocenters. The maximum absolute atomic E-state index is 2.30. The van der Waals surface area contributed by atoms with Crippen molar-refractivity contribution in [2.45, 2.75) is 25.7 Å². The van der Waals surface area contributed by atoms with Crippen molar-refractivity contribution in [2.24, 2.45) is 0 Å². The van der Waals surface area contributed by atoms with Crippen LogP contribution in [0.15, 0.2) is 142 Å². The molecule has 0 N–H and O–H groups in total. The quantitative estimate of drug-likeness (QED) is 0.427. The fourth-order valence-corrected chi connectivity index (χ4v) is 4.43. The van der Waals surface area contributed by atoms with Gasteiger partial charge >= 0.3 is 0 Å². The van der Waals surface area contributed by atoms with Crippen molar-refractivity contribution in [1.82, 2.24) is 0 Å². The highest BCUT2D eigenvalue weighted by molar-refractivity contribution is 5.58. The van der Waals surface area contributed by atoms with Crippen LogP contribution < -0.4 is 0 Å². The summed E-state index contributed by atoms with van der Waals surface area (Å²) in [7, 11) is 0. The Morgan fingerprint density at radius 2 is 0.393 bits per heavy atom.